The van der Waals surface area contributed by atoms with Crippen LogP contribution in [0, 0.1) is 35.2 Å². The molecule has 3 atom stereocenters. The highest BCUT2D eigenvalue weighted by Gasteiger charge is 2.44. The number of carbonyl (C=O) groups is 1. The third-order valence-corrected chi connectivity index (χ3v) is 18.5. The van der Waals surface area contributed by atoms with Gasteiger partial charge in [0, 0.05) is 146 Å². The molecule has 102 heavy (non-hydrogen) atoms. The molecule has 0 radical (unpaired) electrons. The lowest BCUT2D eigenvalue weighted by Gasteiger charge is -2.31. The summed E-state index contributed by atoms with van der Waals surface area (Å²) in [6.07, 6.45) is 13.6. The van der Waals surface area contributed by atoms with Gasteiger partial charge < -0.3 is 44.2 Å². The Labute approximate surface area is 615 Å². The summed E-state index contributed by atoms with van der Waals surface area (Å²) in [6.45, 7) is 14.9. The molecule has 3 saturated heterocycles. The third kappa shape index (κ3) is 27.5. The van der Waals surface area contributed by atoms with Gasteiger partial charge in [-0.25, -0.2) is 48.3 Å². The number of halogens is 7. The van der Waals surface area contributed by atoms with Crippen LogP contribution in [0.15, 0.2) is 91.4 Å². The Morgan fingerprint density at radius 3 is 1.34 bits per heavy atom. The van der Waals surface area contributed by atoms with Crippen LogP contribution in [0.1, 0.15) is 142 Å². The van der Waals surface area contributed by atoms with Crippen LogP contribution in [0.2, 0.25) is 15.7 Å². The Morgan fingerprint density at radius 2 is 0.961 bits per heavy atom. The smallest absolute Gasteiger partial charge is 0.373 e. The van der Waals surface area contributed by atoms with E-state index in [4.69, 9.17) is 97.9 Å². The van der Waals surface area contributed by atoms with Gasteiger partial charge in [0.15, 0.2) is 18.9 Å². The molecule has 5 aliphatic rings. The largest absolute Gasteiger partial charge is 0.466 e. The number of methoxy groups -OCH3 is 6. The second-order valence-electron chi connectivity index (χ2n) is 24.3. The fraction of sp³-hybridized carbons (Fsp3) is 0.535. The van der Waals surface area contributed by atoms with Gasteiger partial charge in [-0.3, -0.25) is 19.5 Å². The minimum absolute atomic E-state index is 0.0586. The number of benzene rings is 3. The van der Waals surface area contributed by atoms with Crippen LogP contribution >= 0.6 is 46.6 Å². The Morgan fingerprint density at radius 1 is 0.569 bits per heavy atom. The van der Waals surface area contributed by atoms with E-state index in [0.717, 1.165) is 118 Å². The summed E-state index contributed by atoms with van der Waals surface area (Å²) < 4.78 is 78.8. The molecule has 5 N–H and O–H groups in total. The number of nitrogens with zero attached hydrogens (tertiary/aromatic N) is 9. The minimum atomic E-state index is -0.565. The fourth-order valence-corrected chi connectivity index (χ4v) is 12.6. The first-order valence-corrected chi connectivity index (χ1v) is 34.8. The van der Waals surface area contributed by atoms with E-state index in [2.05, 4.69) is 75.8 Å². The molecule has 2 saturated carbocycles. The maximum Gasteiger partial charge on any atom is 0.373 e. The van der Waals surface area contributed by atoms with Crippen molar-refractivity contribution in [1.29, 1.82) is 0 Å². The van der Waals surface area contributed by atoms with Gasteiger partial charge in [0.2, 0.25) is 16.5 Å². The van der Waals surface area contributed by atoms with Crippen LogP contribution in [0.25, 0.3) is 0 Å². The monoisotopic (exact) mass is 1500 g/mol. The summed E-state index contributed by atoms with van der Waals surface area (Å²) in [5.41, 5.74) is 11.0. The molecule has 31 heteroatoms. The van der Waals surface area contributed by atoms with Crippen molar-refractivity contribution in [2.75, 3.05) is 107 Å². The number of esters is 1. The predicted molar refractivity (Wildman–Crippen MR) is 377 cm³/mol. The Bertz CT molecular complexity index is 3510. The highest BCUT2D eigenvalue weighted by atomic mass is 35.5. The number of ether oxygens (including phenoxy) is 7. The van der Waals surface area contributed by atoms with Gasteiger partial charge in [-0.2, -0.15) is 19.2 Å². The number of nitrogens with one attached hydrogen (secondary N) is 1. The standard InChI is InChI=1S/C24H33FN4O2.C20H25ClFN3O2.C14H18FNO2.C7H8Cl2N2O2.C4H9N.2CO2.ClH2N/c1-4-24(11-12-29(16-24)15-18-7-5-6-8-20(18)25)21-19(22(30-2)31-3)14-27-23(28-21)26-13-17-9-10-17;1-4-20(17-15(18(26-2)27-3)11-23-19(21)24-17)9-10-25(13-20)12-14-7-5-6-8-16(14)22;1-2-18-14(17)12-7-8-16(10-12)9-11-5-3-4-6-13(11)15;1-12-6(13-2)4-3-10-7(9)11-5(4)8;5-3-4-1-2-4;2*2-1-3;1-2/h5-8,14,17,22H,4,9-13,15-16H2,1-3H3,(H,26,27,28);5-8,11,18H,4,9-10,12-13H2,1-3H3;3-6,12H,2,7-10H2,1H3;3,6H,1-2H3;4H,1-3,5H2;;;2H2. The molecule has 6 aromatic rings. The van der Waals surface area contributed by atoms with Gasteiger partial charge >= 0.3 is 18.3 Å². The van der Waals surface area contributed by atoms with E-state index in [1.807, 2.05) is 43.5 Å². The molecule has 0 spiro atoms. The quantitative estimate of drug-likeness (QED) is 0.0158. The molecule has 6 heterocycles. The summed E-state index contributed by atoms with van der Waals surface area (Å²) in [5.74, 6) is 1.62. The van der Waals surface area contributed by atoms with E-state index in [0.29, 0.717) is 55.4 Å². The van der Waals surface area contributed by atoms with Crippen molar-refractivity contribution >= 4 is 70.8 Å². The van der Waals surface area contributed by atoms with Crippen molar-refractivity contribution in [1.82, 2.24) is 44.6 Å². The molecule has 11 rings (SSSR count). The first kappa shape index (κ1) is 87.8. The summed E-state index contributed by atoms with van der Waals surface area (Å²) in [4.78, 5) is 76.5. The molecule has 5 fully saturated rings. The molecule has 24 nitrogen and oxygen atoms in total. The van der Waals surface area contributed by atoms with Gasteiger partial charge in [-0.05, 0) is 156 Å². The van der Waals surface area contributed by atoms with E-state index in [-0.39, 0.29) is 68.2 Å². The highest BCUT2D eigenvalue weighted by Crippen LogP contribution is 2.43. The number of likely N-dealkylation sites (tertiary alicyclic amines) is 3. The topological polar surface area (TPSA) is 301 Å². The molecule has 560 valence electrons. The van der Waals surface area contributed by atoms with E-state index in [9.17, 15) is 18.0 Å². The number of hydrogen-bond acceptors (Lipinski definition) is 24. The van der Waals surface area contributed by atoms with Crippen LogP contribution in [-0.4, -0.2) is 164 Å². The number of carbonyl (C=O) groups excluding carboxylic acids is 5. The fourth-order valence-electron chi connectivity index (χ4n) is 12.0. The first-order valence-electron chi connectivity index (χ1n) is 33.2. The number of hydrogen-bond donors (Lipinski definition) is 3. The molecule has 3 aromatic carbocycles. The van der Waals surface area contributed by atoms with Gasteiger partial charge in [0.05, 0.1) is 29.5 Å². The lowest BCUT2D eigenvalue weighted by atomic mass is 9.78. The molecule has 3 aromatic heterocycles. The number of nitrogens with two attached hydrogens (primary N) is 2. The van der Waals surface area contributed by atoms with Crippen LogP contribution in [-0.2, 0) is 87.6 Å². The Hall–Kier alpha value is -6.56. The van der Waals surface area contributed by atoms with Gasteiger partial charge in [-0.15, -0.1) is 0 Å². The molecule has 3 aliphatic heterocycles. The molecular weight excluding hydrogens is 1410 g/mol. The van der Waals surface area contributed by atoms with E-state index < -0.39 is 18.9 Å². The van der Waals surface area contributed by atoms with Gasteiger partial charge in [0.25, 0.3) is 0 Å². The second-order valence-corrected chi connectivity index (χ2v) is 25.4. The van der Waals surface area contributed by atoms with E-state index >= 15 is 0 Å². The first-order chi connectivity index (χ1) is 49.3. The third-order valence-electron chi connectivity index (χ3n) is 17.8. The Kier molecular flexibility index (Phi) is 40.5. The average molecular weight is 1510 g/mol. The zero-order chi connectivity index (χ0) is 75.2. The van der Waals surface area contributed by atoms with Crippen molar-refractivity contribution in [3.05, 3.63) is 169 Å². The van der Waals surface area contributed by atoms with Crippen molar-refractivity contribution in [2.45, 2.75) is 128 Å². The SMILES string of the molecule is CCC1(c2nc(Cl)ncc2C(OC)OC)CCN(Cc2ccccc2F)C1.CCC1(c2nc(NCC3CC3)ncc2C(OC)OC)CCN(Cc2ccccc2F)C1.CCOC(=O)C1CCN(Cc2ccccc2F)C1.COC(OC)c1cnc(Cl)nc1Cl.NCC1CC1.NCl.O=C=O.O=C=O. The average Bonchev–Trinajstić information content (AvgIpc) is 1.52. The molecule has 0 bridgehead atoms. The van der Waals surface area contributed by atoms with E-state index in [1.54, 1.807) is 58.9 Å². The predicted octanol–water partition coefficient (Wildman–Crippen LogP) is 12.0. The van der Waals surface area contributed by atoms with Crippen molar-refractivity contribution in [3.63, 3.8) is 0 Å². The maximum absolute atomic E-state index is 14.2. The molecule has 3 unspecified atom stereocenters. The summed E-state index contributed by atoms with van der Waals surface area (Å²) in [6, 6.07) is 20.7. The summed E-state index contributed by atoms with van der Waals surface area (Å²) in [7, 11) is 9.44. The van der Waals surface area contributed by atoms with Crippen molar-refractivity contribution in [2.24, 2.45) is 28.7 Å². The van der Waals surface area contributed by atoms with Crippen LogP contribution in [0.4, 0.5) is 19.1 Å². The minimum Gasteiger partial charge on any atom is -0.466 e. The maximum atomic E-state index is 14.2. The number of anilines is 1. The zero-order valence-corrected chi connectivity index (χ0v) is 62.2. The molecule has 2 aliphatic carbocycles. The summed E-state index contributed by atoms with van der Waals surface area (Å²) >= 11 is 21.6. The second kappa shape index (κ2) is 47.0. The number of rotatable bonds is 25. The Balaban J connectivity index is 0.000000281. The summed E-state index contributed by atoms with van der Waals surface area (Å²) in [5, 5.41) is 7.91. The number of aromatic nitrogens is 6. The zero-order valence-electron chi connectivity index (χ0n) is 59.2. The van der Waals surface area contributed by atoms with Crippen molar-refractivity contribution in [3.8, 4) is 0 Å². The van der Waals surface area contributed by atoms with Crippen molar-refractivity contribution < 1.29 is 70.3 Å². The molecule has 0 amide bonds. The van der Waals surface area contributed by atoms with Crippen LogP contribution in [0.5, 0.6) is 0 Å². The van der Waals surface area contributed by atoms with Gasteiger partial charge in [-0.1, -0.05) is 80.0 Å². The molecular formula is C71H95Cl4F3N12O12. The van der Waals surface area contributed by atoms with Crippen LogP contribution < -0.4 is 16.3 Å². The highest BCUT2D eigenvalue weighted by molar-refractivity contribution is 6.32. The van der Waals surface area contributed by atoms with E-state index in [1.165, 1.54) is 64.3 Å². The van der Waals surface area contributed by atoms with Gasteiger partial charge in [0.1, 0.15) is 22.6 Å². The van der Waals surface area contributed by atoms with Crippen LogP contribution in [0.3, 0.4) is 0 Å². The lowest BCUT2D eigenvalue weighted by Crippen LogP contribution is -2.34. The normalized spacial score (nSPS) is 18.3. The lowest BCUT2D eigenvalue weighted by molar-refractivity contribution is -0.193.